The highest BCUT2D eigenvalue weighted by Crippen LogP contribution is 2.45. The van der Waals surface area contributed by atoms with E-state index in [1.807, 2.05) is 0 Å². The normalized spacial score (nSPS) is 14.4. The summed E-state index contributed by atoms with van der Waals surface area (Å²) in [6.07, 6.45) is 33.6. The predicted octanol–water partition coefficient (Wildman–Crippen LogP) is 14.8. The number of unbranched alkanes of at least 4 members (excludes halogenated alkanes) is 31. The van der Waals surface area contributed by atoms with E-state index in [1.54, 1.807) is 0 Å². The van der Waals surface area contributed by atoms with Gasteiger partial charge in [0.25, 0.3) is 0 Å². The van der Waals surface area contributed by atoms with Gasteiger partial charge in [-0.15, -0.1) is 0 Å². The third-order valence-corrected chi connectivity index (χ3v) is 14.8. The largest absolute Gasteiger partial charge is 0.472 e. The summed E-state index contributed by atoms with van der Waals surface area (Å²) in [5, 5.41) is 10.5. The lowest BCUT2D eigenvalue weighted by Crippen LogP contribution is -2.30. The highest BCUT2D eigenvalue weighted by Gasteiger charge is 2.30. The first kappa shape index (κ1) is 73.1. The number of aliphatic hydroxyl groups is 1. The SMILES string of the molecule is CCCCCCCCCCCCCCC(=O)O[C@H](COC(=O)CCCCCCCCCC)COP(=O)(O)OC[C@H](O)COP(=O)(O)OC[C@@H](COC(=O)CCCCCCCCCC)OC(=O)CCCCCCCCC. The highest BCUT2D eigenvalue weighted by atomic mass is 31.2. The summed E-state index contributed by atoms with van der Waals surface area (Å²) in [6, 6.07) is 0. The van der Waals surface area contributed by atoms with Crippen LogP contribution in [0.5, 0.6) is 0 Å². The summed E-state index contributed by atoms with van der Waals surface area (Å²) in [4.78, 5) is 71.5. The van der Waals surface area contributed by atoms with Crippen molar-refractivity contribution >= 4 is 39.5 Å². The number of hydrogen-bond acceptors (Lipinski definition) is 15. The Balaban J connectivity index is 5.18. The molecule has 0 rings (SSSR count). The van der Waals surface area contributed by atoms with E-state index in [0.717, 1.165) is 116 Å². The Morgan fingerprint density at radius 3 is 0.787 bits per heavy atom. The summed E-state index contributed by atoms with van der Waals surface area (Å²) in [6.45, 7) is 4.74. The maximum absolute atomic E-state index is 12.9. The van der Waals surface area contributed by atoms with Gasteiger partial charge in [-0.1, -0.05) is 227 Å². The van der Waals surface area contributed by atoms with Crippen LogP contribution >= 0.6 is 15.6 Å². The minimum Gasteiger partial charge on any atom is -0.462 e. The molecule has 3 N–H and O–H groups in total. The fourth-order valence-corrected chi connectivity index (χ4v) is 9.80. The standard InChI is InChI=1S/C56H108O17P2/c1-5-9-13-17-21-24-25-26-27-31-35-39-43-56(61)73-52(47-67-54(59)41-37-33-30-23-19-15-11-7-3)49-71-75(64,65)69-45-50(57)44-68-74(62,63)70-48-51(72-55(60)42-38-34-28-20-16-12-8-4)46-66-53(58)40-36-32-29-22-18-14-10-6-2/h50-52,57H,5-49H2,1-4H3,(H,62,63)(H,64,65)/t50-,51-,52-/m1/s1. The fraction of sp³-hybridized carbons (Fsp3) is 0.929. The minimum absolute atomic E-state index is 0.104. The predicted molar refractivity (Wildman–Crippen MR) is 294 cm³/mol. The molecule has 0 aliphatic heterocycles. The average Bonchev–Trinajstić information content (AvgIpc) is 3.38. The molecule has 0 bridgehead atoms. The zero-order valence-electron chi connectivity index (χ0n) is 47.5. The molecule has 0 aromatic heterocycles. The number of hydrogen-bond donors (Lipinski definition) is 3. The van der Waals surface area contributed by atoms with Crippen molar-refractivity contribution in [1.82, 2.24) is 0 Å². The molecule has 0 saturated heterocycles. The topological polar surface area (TPSA) is 237 Å². The van der Waals surface area contributed by atoms with E-state index in [-0.39, 0.29) is 25.7 Å². The van der Waals surface area contributed by atoms with Gasteiger partial charge in [0.1, 0.15) is 19.3 Å². The number of phosphoric ester groups is 2. The van der Waals surface area contributed by atoms with Crippen molar-refractivity contribution in [3.8, 4) is 0 Å². The zero-order chi connectivity index (χ0) is 55.5. The summed E-state index contributed by atoms with van der Waals surface area (Å²) < 4.78 is 67.4. The van der Waals surface area contributed by atoms with Gasteiger partial charge >= 0.3 is 39.5 Å². The molecule has 0 heterocycles. The van der Waals surface area contributed by atoms with Crippen molar-refractivity contribution in [3.63, 3.8) is 0 Å². The van der Waals surface area contributed by atoms with Gasteiger partial charge in [-0.25, -0.2) is 9.13 Å². The van der Waals surface area contributed by atoms with Crippen molar-refractivity contribution in [2.24, 2.45) is 0 Å². The Labute approximate surface area is 454 Å². The number of esters is 4. The van der Waals surface area contributed by atoms with Gasteiger partial charge in [0, 0.05) is 25.7 Å². The van der Waals surface area contributed by atoms with Crippen molar-refractivity contribution in [1.29, 1.82) is 0 Å². The molecule has 0 aliphatic rings. The first-order chi connectivity index (χ1) is 36.2. The van der Waals surface area contributed by atoms with Crippen LogP contribution in [0.15, 0.2) is 0 Å². The molecule has 0 saturated carbocycles. The fourth-order valence-electron chi connectivity index (χ4n) is 8.22. The molecule has 75 heavy (non-hydrogen) atoms. The highest BCUT2D eigenvalue weighted by molar-refractivity contribution is 7.47. The second kappa shape index (κ2) is 51.5. The van der Waals surface area contributed by atoms with Crippen molar-refractivity contribution < 1.29 is 80.2 Å². The van der Waals surface area contributed by atoms with Crippen molar-refractivity contribution in [3.05, 3.63) is 0 Å². The third kappa shape index (κ3) is 51.3. The number of carbonyl (C=O) groups excluding carboxylic acids is 4. The van der Waals surface area contributed by atoms with Gasteiger partial charge in [0.2, 0.25) is 0 Å². The summed E-state index contributed by atoms with van der Waals surface area (Å²) in [5.41, 5.74) is 0. The molecule has 0 fully saturated rings. The second-order valence-corrected chi connectivity index (χ2v) is 23.2. The lowest BCUT2D eigenvalue weighted by atomic mass is 10.0. The van der Waals surface area contributed by atoms with E-state index in [4.69, 9.17) is 37.0 Å². The van der Waals surface area contributed by atoms with E-state index in [0.29, 0.717) is 25.7 Å². The van der Waals surface area contributed by atoms with Crippen LogP contribution in [-0.2, 0) is 65.4 Å². The van der Waals surface area contributed by atoms with Gasteiger partial charge in [-0.2, -0.15) is 0 Å². The van der Waals surface area contributed by atoms with Crippen LogP contribution in [0.25, 0.3) is 0 Å². The molecule has 0 spiro atoms. The molecule has 444 valence electrons. The van der Waals surface area contributed by atoms with Gasteiger partial charge in [0.15, 0.2) is 12.2 Å². The average molecular weight is 1120 g/mol. The Hall–Kier alpha value is -1.94. The minimum atomic E-state index is -4.93. The first-order valence-corrected chi connectivity index (χ1v) is 32.8. The van der Waals surface area contributed by atoms with Gasteiger partial charge < -0.3 is 33.8 Å². The lowest BCUT2D eigenvalue weighted by Gasteiger charge is -2.21. The van der Waals surface area contributed by atoms with Crippen LogP contribution in [0, 0.1) is 0 Å². The smallest absolute Gasteiger partial charge is 0.462 e. The van der Waals surface area contributed by atoms with Gasteiger partial charge in [-0.3, -0.25) is 37.3 Å². The van der Waals surface area contributed by atoms with E-state index in [2.05, 4.69) is 27.7 Å². The first-order valence-electron chi connectivity index (χ1n) is 29.8. The monoisotopic (exact) mass is 1110 g/mol. The number of aliphatic hydroxyl groups excluding tert-OH is 1. The van der Waals surface area contributed by atoms with Gasteiger partial charge in [0.05, 0.1) is 26.4 Å². The van der Waals surface area contributed by atoms with Crippen LogP contribution in [0.4, 0.5) is 0 Å². The molecule has 2 unspecified atom stereocenters. The second-order valence-electron chi connectivity index (χ2n) is 20.3. The van der Waals surface area contributed by atoms with Crippen molar-refractivity contribution in [2.75, 3.05) is 39.6 Å². The summed E-state index contributed by atoms with van der Waals surface area (Å²) >= 11 is 0. The van der Waals surface area contributed by atoms with E-state index in [1.165, 1.54) is 83.5 Å². The van der Waals surface area contributed by atoms with E-state index in [9.17, 15) is 43.2 Å². The van der Waals surface area contributed by atoms with Crippen LogP contribution < -0.4 is 0 Å². The van der Waals surface area contributed by atoms with Crippen LogP contribution in [0.2, 0.25) is 0 Å². The summed E-state index contributed by atoms with van der Waals surface area (Å²) in [7, 11) is -9.86. The van der Waals surface area contributed by atoms with Crippen molar-refractivity contribution in [2.45, 2.75) is 296 Å². The lowest BCUT2D eigenvalue weighted by molar-refractivity contribution is -0.161. The number of ether oxygens (including phenoxy) is 4. The molecule has 0 radical (unpaired) electrons. The molecule has 0 amide bonds. The Morgan fingerprint density at radius 1 is 0.320 bits per heavy atom. The molecular formula is C56H108O17P2. The zero-order valence-corrected chi connectivity index (χ0v) is 49.3. The Kier molecular flexibility index (Phi) is 50.2. The number of phosphoric acid groups is 2. The quantitative estimate of drug-likeness (QED) is 0.0222. The Morgan fingerprint density at radius 2 is 0.533 bits per heavy atom. The number of rotatable bonds is 57. The number of carbonyl (C=O) groups is 4. The van der Waals surface area contributed by atoms with Crippen LogP contribution in [-0.4, -0.2) is 96.7 Å². The van der Waals surface area contributed by atoms with E-state index < -0.39 is 97.5 Å². The molecule has 0 aromatic carbocycles. The van der Waals surface area contributed by atoms with E-state index >= 15 is 0 Å². The molecule has 0 aliphatic carbocycles. The maximum atomic E-state index is 12.9. The third-order valence-electron chi connectivity index (χ3n) is 12.9. The maximum Gasteiger partial charge on any atom is 0.472 e. The molecular weight excluding hydrogens is 1010 g/mol. The summed E-state index contributed by atoms with van der Waals surface area (Å²) in [5.74, 6) is -2.15. The molecule has 17 nitrogen and oxygen atoms in total. The van der Waals surface area contributed by atoms with Crippen LogP contribution in [0.3, 0.4) is 0 Å². The molecule has 0 aromatic rings. The Bertz CT molecular complexity index is 1470. The van der Waals surface area contributed by atoms with Crippen LogP contribution in [0.1, 0.15) is 278 Å². The molecule has 19 heteroatoms. The van der Waals surface area contributed by atoms with Gasteiger partial charge in [-0.05, 0) is 25.7 Å². The molecule has 5 atom stereocenters.